The third-order valence-corrected chi connectivity index (χ3v) is 3.61. The first-order valence-corrected chi connectivity index (χ1v) is 7.72. The Bertz CT molecular complexity index is 577. The summed E-state index contributed by atoms with van der Waals surface area (Å²) < 4.78 is 15.7. The number of nitrogens with one attached hydrogen (secondary N) is 1. The fourth-order valence-electron chi connectivity index (χ4n) is 2.55. The zero-order valence-electron chi connectivity index (χ0n) is 13.1. The molecule has 0 fully saturated rings. The second-order valence-corrected chi connectivity index (χ2v) is 5.35. The van der Waals surface area contributed by atoms with Gasteiger partial charge in [-0.1, -0.05) is 19.9 Å². The second-order valence-electron chi connectivity index (χ2n) is 5.35. The maximum atomic E-state index is 13.7. The van der Waals surface area contributed by atoms with Crippen LogP contribution in [-0.4, -0.2) is 16.3 Å². The molecule has 0 aliphatic carbocycles. The predicted octanol–water partition coefficient (Wildman–Crippen LogP) is 4.16. The molecule has 1 aromatic carbocycles. The molecule has 0 aliphatic heterocycles. The lowest BCUT2D eigenvalue weighted by molar-refractivity contribution is 0.566. The Morgan fingerprint density at radius 1 is 1.24 bits per heavy atom. The van der Waals surface area contributed by atoms with Crippen LogP contribution < -0.4 is 5.32 Å². The zero-order chi connectivity index (χ0) is 15.2. The minimum Gasteiger partial charge on any atom is -0.310 e. The maximum absolute atomic E-state index is 13.7. The van der Waals surface area contributed by atoms with Crippen molar-refractivity contribution in [3.63, 3.8) is 0 Å². The fourth-order valence-corrected chi connectivity index (χ4v) is 2.55. The third kappa shape index (κ3) is 3.70. The van der Waals surface area contributed by atoms with E-state index >= 15 is 0 Å². The van der Waals surface area contributed by atoms with E-state index < -0.39 is 0 Å². The molecule has 0 saturated carbocycles. The minimum absolute atomic E-state index is 0.186. The van der Waals surface area contributed by atoms with E-state index in [1.165, 1.54) is 6.07 Å². The predicted molar refractivity (Wildman–Crippen MR) is 84.6 cm³/mol. The van der Waals surface area contributed by atoms with Gasteiger partial charge < -0.3 is 5.32 Å². The van der Waals surface area contributed by atoms with Crippen molar-refractivity contribution in [1.82, 2.24) is 15.1 Å². The molecule has 1 aromatic heterocycles. The van der Waals surface area contributed by atoms with E-state index in [4.69, 9.17) is 0 Å². The summed E-state index contributed by atoms with van der Waals surface area (Å²) in [6.45, 7) is 8.17. The van der Waals surface area contributed by atoms with Crippen molar-refractivity contribution < 1.29 is 4.39 Å². The van der Waals surface area contributed by atoms with Crippen LogP contribution in [0.15, 0.2) is 30.5 Å². The van der Waals surface area contributed by atoms with Gasteiger partial charge in [0.1, 0.15) is 5.82 Å². The van der Waals surface area contributed by atoms with Crippen LogP contribution in [0.1, 0.15) is 45.2 Å². The topological polar surface area (TPSA) is 29.9 Å². The normalized spacial score (nSPS) is 12.6. The Morgan fingerprint density at radius 3 is 2.76 bits per heavy atom. The number of halogens is 1. The number of rotatable bonds is 7. The quantitative estimate of drug-likeness (QED) is 0.829. The Kier molecular flexibility index (Phi) is 5.51. The minimum atomic E-state index is -0.208. The third-order valence-electron chi connectivity index (χ3n) is 3.61. The highest BCUT2D eigenvalue weighted by Gasteiger charge is 2.15. The van der Waals surface area contributed by atoms with Gasteiger partial charge in [0, 0.05) is 24.3 Å². The molecule has 0 aliphatic rings. The lowest BCUT2D eigenvalue weighted by Gasteiger charge is -2.18. The number of nitrogens with zero attached hydrogens (tertiary/aromatic N) is 2. The van der Waals surface area contributed by atoms with E-state index in [-0.39, 0.29) is 11.9 Å². The summed E-state index contributed by atoms with van der Waals surface area (Å²) in [6, 6.07) is 7.17. The molecule has 3 nitrogen and oxygen atoms in total. The van der Waals surface area contributed by atoms with Crippen molar-refractivity contribution >= 4 is 0 Å². The van der Waals surface area contributed by atoms with Crippen LogP contribution in [0.3, 0.4) is 0 Å². The highest BCUT2D eigenvalue weighted by molar-refractivity contribution is 5.64. The monoisotopic (exact) mass is 289 g/mol. The maximum Gasteiger partial charge on any atom is 0.123 e. The van der Waals surface area contributed by atoms with Gasteiger partial charge in [-0.25, -0.2) is 4.39 Å². The molecule has 21 heavy (non-hydrogen) atoms. The number of aromatic nitrogens is 2. The highest BCUT2D eigenvalue weighted by Crippen LogP contribution is 2.29. The van der Waals surface area contributed by atoms with Gasteiger partial charge in [-0.15, -0.1) is 0 Å². The van der Waals surface area contributed by atoms with Crippen LogP contribution in [0.25, 0.3) is 11.3 Å². The van der Waals surface area contributed by atoms with Gasteiger partial charge in [0.15, 0.2) is 0 Å². The van der Waals surface area contributed by atoms with Gasteiger partial charge in [-0.05, 0) is 50.1 Å². The molecule has 0 saturated heterocycles. The lowest BCUT2D eigenvalue weighted by atomic mass is 9.98. The summed E-state index contributed by atoms with van der Waals surface area (Å²) in [5.74, 6) is -0.208. The number of benzene rings is 1. The Balaban J connectivity index is 2.41. The summed E-state index contributed by atoms with van der Waals surface area (Å²) >= 11 is 0. The first kappa shape index (κ1) is 15.7. The van der Waals surface area contributed by atoms with Crippen LogP contribution in [0.2, 0.25) is 0 Å². The zero-order valence-corrected chi connectivity index (χ0v) is 13.1. The standard InChI is InChI=1S/C17H24FN3/c1-4-9-19-13(3)15-7-6-14(18)12-16(15)17-8-10-20-21(17)11-5-2/h6-8,10,12-13,19H,4-5,9,11H2,1-3H3. The molecule has 1 N–H and O–H groups in total. The van der Waals surface area contributed by atoms with Gasteiger partial charge in [0.25, 0.3) is 0 Å². The van der Waals surface area contributed by atoms with Crippen LogP contribution in [0.5, 0.6) is 0 Å². The molecule has 2 rings (SSSR count). The molecule has 1 heterocycles. The molecular weight excluding hydrogens is 265 g/mol. The van der Waals surface area contributed by atoms with Gasteiger partial charge in [-0.3, -0.25) is 4.68 Å². The van der Waals surface area contributed by atoms with Crippen LogP contribution in [0, 0.1) is 5.82 Å². The SMILES string of the molecule is CCCNC(C)c1ccc(F)cc1-c1ccnn1CCC. The molecular formula is C17H24FN3. The van der Waals surface area contributed by atoms with Gasteiger partial charge in [-0.2, -0.15) is 5.10 Å². The molecule has 4 heteroatoms. The molecule has 114 valence electrons. The van der Waals surface area contributed by atoms with E-state index in [0.717, 1.165) is 42.8 Å². The molecule has 1 atom stereocenters. The molecule has 1 unspecified atom stereocenters. The van der Waals surface area contributed by atoms with E-state index in [0.29, 0.717) is 0 Å². The van der Waals surface area contributed by atoms with E-state index in [2.05, 4.69) is 31.2 Å². The second kappa shape index (κ2) is 7.36. The first-order valence-electron chi connectivity index (χ1n) is 7.72. The number of hydrogen-bond acceptors (Lipinski definition) is 2. The summed E-state index contributed by atoms with van der Waals surface area (Å²) in [5, 5.41) is 7.82. The Labute approximate surface area is 126 Å². The molecule has 0 bridgehead atoms. The van der Waals surface area contributed by atoms with Crippen molar-refractivity contribution in [3.8, 4) is 11.3 Å². The molecule has 0 radical (unpaired) electrons. The van der Waals surface area contributed by atoms with Crippen molar-refractivity contribution in [1.29, 1.82) is 0 Å². The van der Waals surface area contributed by atoms with Gasteiger partial charge in [0.05, 0.1) is 5.69 Å². The largest absolute Gasteiger partial charge is 0.310 e. The number of hydrogen-bond donors (Lipinski definition) is 1. The molecule has 2 aromatic rings. The van der Waals surface area contributed by atoms with E-state index in [1.807, 2.05) is 16.8 Å². The highest BCUT2D eigenvalue weighted by atomic mass is 19.1. The van der Waals surface area contributed by atoms with Crippen molar-refractivity contribution in [2.75, 3.05) is 6.54 Å². The first-order chi connectivity index (χ1) is 10.2. The fraction of sp³-hybridized carbons (Fsp3) is 0.471. The van der Waals surface area contributed by atoms with E-state index in [9.17, 15) is 4.39 Å². The van der Waals surface area contributed by atoms with Crippen molar-refractivity contribution in [2.24, 2.45) is 0 Å². The van der Waals surface area contributed by atoms with Gasteiger partial charge in [0.2, 0.25) is 0 Å². The van der Waals surface area contributed by atoms with Crippen LogP contribution in [0.4, 0.5) is 4.39 Å². The average Bonchev–Trinajstić information content (AvgIpc) is 2.93. The number of aryl methyl sites for hydroxylation is 1. The van der Waals surface area contributed by atoms with Crippen molar-refractivity contribution in [2.45, 2.75) is 46.2 Å². The Hall–Kier alpha value is -1.68. The van der Waals surface area contributed by atoms with Crippen LogP contribution in [-0.2, 0) is 6.54 Å². The Morgan fingerprint density at radius 2 is 2.05 bits per heavy atom. The summed E-state index contributed by atoms with van der Waals surface area (Å²) in [7, 11) is 0. The summed E-state index contributed by atoms with van der Waals surface area (Å²) in [4.78, 5) is 0. The van der Waals surface area contributed by atoms with Crippen LogP contribution >= 0.6 is 0 Å². The summed E-state index contributed by atoms with van der Waals surface area (Å²) in [6.07, 6.45) is 3.86. The summed E-state index contributed by atoms with van der Waals surface area (Å²) in [5.41, 5.74) is 3.02. The van der Waals surface area contributed by atoms with E-state index in [1.54, 1.807) is 12.3 Å². The van der Waals surface area contributed by atoms with Crippen molar-refractivity contribution in [3.05, 3.63) is 41.8 Å². The smallest absolute Gasteiger partial charge is 0.123 e. The van der Waals surface area contributed by atoms with Gasteiger partial charge >= 0.3 is 0 Å². The molecule has 0 spiro atoms. The lowest BCUT2D eigenvalue weighted by Crippen LogP contribution is -2.20. The average molecular weight is 289 g/mol. The molecule has 0 amide bonds.